The number of aliphatic hydroxyl groups is 2. The second-order valence-electron chi connectivity index (χ2n) is 9.07. The lowest BCUT2D eigenvalue weighted by Gasteiger charge is -2.31. The van der Waals surface area contributed by atoms with E-state index >= 15 is 0 Å². The van der Waals surface area contributed by atoms with Gasteiger partial charge in [-0.2, -0.15) is 0 Å². The average Bonchev–Trinajstić information content (AvgIpc) is 2.80. The topological polar surface area (TPSA) is 181 Å². The minimum atomic E-state index is -0.786. The van der Waals surface area contributed by atoms with Crippen molar-refractivity contribution in [2.24, 2.45) is 17.8 Å². The molecule has 1 aromatic heterocycles. The molecule has 1 aliphatic carbocycles. The van der Waals surface area contributed by atoms with Gasteiger partial charge in [0.1, 0.15) is 17.3 Å². The Morgan fingerprint density at radius 2 is 1.81 bits per heavy atom. The predicted molar refractivity (Wildman–Crippen MR) is 144 cm³/mol. The number of rotatable bonds is 10. The van der Waals surface area contributed by atoms with Crippen molar-refractivity contribution in [3.8, 4) is 16.9 Å². The van der Waals surface area contributed by atoms with E-state index in [0.717, 1.165) is 0 Å². The zero-order valence-electron chi connectivity index (χ0n) is 21.3. The Morgan fingerprint density at radius 3 is 2.35 bits per heavy atom. The Hall–Kier alpha value is -2.76. The molecule has 37 heavy (non-hydrogen) atoms. The molecule has 3 rings (SSSR count). The largest absolute Gasteiger partial charge is 0.507 e. The molecule has 1 aromatic carbocycles. The normalized spacial score (nSPS) is 15.9. The van der Waals surface area contributed by atoms with Crippen LogP contribution in [-0.2, 0) is 16.0 Å². The maximum atomic E-state index is 13.0. The van der Waals surface area contributed by atoms with Crippen molar-refractivity contribution >= 4 is 29.0 Å². The maximum absolute atomic E-state index is 13.0. The van der Waals surface area contributed by atoms with Crippen LogP contribution in [0.15, 0.2) is 24.5 Å². The smallest absolute Gasteiger partial charge is 0.222 e. The number of Topliss-reactive ketones (excluding diaryl/α,β-unsaturated/α-hetero) is 3. The fourth-order valence-electron chi connectivity index (χ4n) is 4.74. The van der Waals surface area contributed by atoms with Gasteiger partial charge in [-0.15, -0.1) is 0 Å². The predicted octanol–water partition coefficient (Wildman–Crippen LogP) is 2.30. The van der Waals surface area contributed by atoms with Gasteiger partial charge in [0, 0.05) is 39.8 Å². The lowest BCUT2D eigenvalue weighted by Crippen LogP contribution is -2.32. The van der Waals surface area contributed by atoms with Gasteiger partial charge in [0.2, 0.25) is 5.28 Å². The van der Waals surface area contributed by atoms with E-state index in [1.165, 1.54) is 13.0 Å². The van der Waals surface area contributed by atoms with Crippen molar-refractivity contribution < 1.29 is 38.0 Å². The molecule has 0 fully saturated rings. The van der Waals surface area contributed by atoms with Crippen molar-refractivity contribution in [3.05, 3.63) is 40.9 Å². The SMILES string of the molecule is CC(=O)CC(=O)C(CO)C(CCO)CC1CC(=O)c2c(O)ccc(-c3cnc(Cl)nc3)c2C1.CNC.O.[HH].[HH]. The molecule has 0 saturated heterocycles. The Labute approximate surface area is 224 Å². The molecule has 0 amide bonds. The molecular formula is C26H40ClN3O7. The highest BCUT2D eigenvalue weighted by molar-refractivity contribution is 6.28. The van der Waals surface area contributed by atoms with E-state index in [-0.39, 0.29) is 80.0 Å². The van der Waals surface area contributed by atoms with Crippen molar-refractivity contribution in [1.82, 2.24) is 15.3 Å². The van der Waals surface area contributed by atoms with Crippen LogP contribution in [0.5, 0.6) is 5.75 Å². The lowest BCUT2D eigenvalue weighted by atomic mass is 9.72. The molecule has 0 spiro atoms. The van der Waals surface area contributed by atoms with E-state index in [9.17, 15) is 29.7 Å². The molecule has 3 unspecified atom stereocenters. The van der Waals surface area contributed by atoms with E-state index < -0.39 is 12.5 Å². The highest BCUT2D eigenvalue weighted by Crippen LogP contribution is 2.41. The number of aromatic nitrogens is 2. The Kier molecular flexibility index (Phi) is 13.5. The first-order chi connectivity index (χ1) is 17.2. The fraction of sp³-hybridized carbons (Fsp3) is 0.500. The number of hydrogen-bond acceptors (Lipinski definition) is 9. The van der Waals surface area contributed by atoms with Crippen molar-refractivity contribution in [2.45, 2.75) is 39.0 Å². The highest BCUT2D eigenvalue weighted by Gasteiger charge is 2.35. The second kappa shape index (κ2) is 15.5. The second-order valence-corrected chi connectivity index (χ2v) is 9.40. The number of phenolic OH excluding ortho intramolecular Hbond substituents is 1. The number of aromatic hydroxyl groups is 1. The first-order valence-electron chi connectivity index (χ1n) is 11.8. The molecule has 1 aliphatic rings. The fourth-order valence-corrected chi connectivity index (χ4v) is 4.84. The van der Waals surface area contributed by atoms with Gasteiger partial charge in [-0.1, -0.05) is 6.07 Å². The number of benzene rings is 1. The van der Waals surface area contributed by atoms with E-state index in [0.29, 0.717) is 29.5 Å². The molecule has 208 valence electrons. The molecular weight excluding hydrogens is 502 g/mol. The average molecular weight is 542 g/mol. The zero-order chi connectivity index (χ0) is 26.8. The number of hydrogen-bond donors (Lipinski definition) is 4. The molecule has 10 nitrogen and oxygen atoms in total. The van der Waals surface area contributed by atoms with Crippen molar-refractivity contribution in [3.63, 3.8) is 0 Å². The summed E-state index contributed by atoms with van der Waals surface area (Å²) in [7, 11) is 3.75. The summed E-state index contributed by atoms with van der Waals surface area (Å²) in [5.74, 6) is -2.29. The summed E-state index contributed by atoms with van der Waals surface area (Å²) in [6.07, 6.45) is 4.13. The summed E-state index contributed by atoms with van der Waals surface area (Å²) in [4.78, 5) is 44.9. The Balaban J connectivity index is 0. The molecule has 0 saturated carbocycles. The van der Waals surface area contributed by atoms with E-state index in [2.05, 4.69) is 15.3 Å². The Bertz CT molecular complexity index is 1070. The van der Waals surface area contributed by atoms with E-state index in [1.54, 1.807) is 18.5 Å². The number of fused-ring (bicyclic) bond motifs is 1. The zero-order valence-corrected chi connectivity index (χ0v) is 22.1. The minimum absolute atomic E-state index is 0. The van der Waals surface area contributed by atoms with Crippen molar-refractivity contribution in [1.29, 1.82) is 0 Å². The summed E-state index contributed by atoms with van der Waals surface area (Å²) in [5, 5.41) is 32.6. The third-order valence-corrected chi connectivity index (χ3v) is 6.40. The van der Waals surface area contributed by atoms with Crippen LogP contribution in [-0.4, -0.2) is 75.4 Å². The lowest BCUT2D eigenvalue weighted by molar-refractivity contribution is -0.131. The van der Waals surface area contributed by atoms with Crippen LogP contribution in [0.2, 0.25) is 5.28 Å². The summed E-state index contributed by atoms with van der Waals surface area (Å²) >= 11 is 5.80. The number of nitrogens with zero attached hydrogens (tertiary/aromatic N) is 2. The van der Waals surface area contributed by atoms with Crippen LogP contribution >= 0.6 is 11.6 Å². The van der Waals surface area contributed by atoms with Crippen LogP contribution in [0.3, 0.4) is 0 Å². The number of ketones is 3. The first-order valence-corrected chi connectivity index (χ1v) is 12.2. The van der Waals surface area contributed by atoms with Gasteiger partial charge >= 0.3 is 0 Å². The third-order valence-electron chi connectivity index (χ3n) is 6.21. The van der Waals surface area contributed by atoms with Crippen molar-refractivity contribution in [2.75, 3.05) is 27.3 Å². The van der Waals surface area contributed by atoms with Crippen LogP contribution in [0, 0.1) is 17.8 Å². The highest BCUT2D eigenvalue weighted by atomic mass is 35.5. The van der Waals surface area contributed by atoms with Gasteiger partial charge in [0.15, 0.2) is 5.78 Å². The Morgan fingerprint density at radius 1 is 1.19 bits per heavy atom. The molecule has 0 radical (unpaired) electrons. The minimum Gasteiger partial charge on any atom is -0.507 e. The number of carbonyl (C=O) groups excluding carboxylic acids is 3. The quantitative estimate of drug-likeness (QED) is 0.259. The summed E-state index contributed by atoms with van der Waals surface area (Å²) in [6, 6.07) is 3.17. The molecule has 11 heteroatoms. The molecule has 0 bridgehead atoms. The molecule has 3 atom stereocenters. The van der Waals surface area contributed by atoms with Gasteiger partial charge in [0.25, 0.3) is 0 Å². The first kappa shape index (κ1) is 32.3. The summed E-state index contributed by atoms with van der Waals surface area (Å²) < 4.78 is 0. The van der Waals surface area contributed by atoms with Gasteiger partial charge in [-0.05, 0) is 80.9 Å². The van der Waals surface area contributed by atoms with Gasteiger partial charge in [-0.3, -0.25) is 14.4 Å². The van der Waals surface area contributed by atoms with Crippen LogP contribution in [0.25, 0.3) is 11.1 Å². The van der Waals surface area contributed by atoms with Gasteiger partial charge < -0.3 is 26.1 Å². The maximum Gasteiger partial charge on any atom is 0.222 e. The monoisotopic (exact) mass is 541 g/mol. The van der Waals surface area contributed by atoms with Crippen LogP contribution in [0.1, 0.15) is 51.4 Å². The van der Waals surface area contributed by atoms with Gasteiger partial charge in [0.05, 0.1) is 18.6 Å². The number of carbonyl (C=O) groups is 3. The van der Waals surface area contributed by atoms with Crippen LogP contribution in [0.4, 0.5) is 0 Å². The van der Waals surface area contributed by atoms with E-state index in [1.807, 2.05) is 14.1 Å². The van der Waals surface area contributed by atoms with Gasteiger partial charge in [-0.25, -0.2) is 9.97 Å². The summed E-state index contributed by atoms with van der Waals surface area (Å²) in [5.41, 5.74) is 2.30. The number of aliphatic hydroxyl groups excluding tert-OH is 2. The number of phenols is 1. The standard InChI is InChI=1S/C24H27ClN2O6.C2H7N.H2O.2H2/c1-13(30)6-21(32)19(12-29)15(4-5-28)7-14-8-18-17(16-10-26-24(25)27-11-16)2-3-20(31)23(18)22(33)9-14;1-3-2;;;/h2-3,10-11,14-15,19,28-29,31H,4-9,12H2,1H3;3H,1-2H3;1H2;2*1H. The molecule has 6 N–H and O–H groups in total. The van der Waals surface area contributed by atoms with Crippen LogP contribution < -0.4 is 5.32 Å². The number of halogens is 1. The third kappa shape index (κ3) is 8.65. The number of nitrogens with one attached hydrogen (secondary N) is 1. The summed E-state index contributed by atoms with van der Waals surface area (Å²) in [6.45, 7) is 0.709. The molecule has 0 aliphatic heterocycles. The van der Waals surface area contributed by atoms with E-state index in [4.69, 9.17) is 11.6 Å². The molecule has 1 heterocycles. The molecule has 2 aromatic rings.